The summed E-state index contributed by atoms with van der Waals surface area (Å²) in [6, 6.07) is 53.6. The fourth-order valence-corrected chi connectivity index (χ4v) is 12.8. The van der Waals surface area contributed by atoms with Gasteiger partial charge in [-0.05, 0) is 101 Å². The van der Waals surface area contributed by atoms with Gasteiger partial charge >= 0.3 is 0 Å². The van der Waals surface area contributed by atoms with Gasteiger partial charge in [-0.15, -0.1) is 0 Å². The molecule has 9 rings (SSSR count). The maximum atomic E-state index is 7.18. The molecule has 0 unspecified atom stereocenters. The van der Waals surface area contributed by atoms with Crippen LogP contribution in [0.3, 0.4) is 0 Å². The highest BCUT2D eigenvalue weighted by Gasteiger charge is 2.59. The second kappa shape index (κ2) is 12.7. The van der Waals surface area contributed by atoms with Crippen molar-refractivity contribution in [3.05, 3.63) is 196 Å². The van der Waals surface area contributed by atoms with Crippen LogP contribution in [0.2, 0.25) is 0 Å². The number of fused-ring (bicyclic) bond motifs is 4. The average molecular weight is 710 g/mol. The Morgan fingerprint density at radius 1 is 0.566 bits per heavy atom. The van der Waals surface area contributed by atoms with Crippen LogP contribution in [0.4, 0.5) is 0 Å². The molecule has 1 aliphatic heterocycles. The molecule has 6 aromatic carbocycles. The van der Waals surface area contributed by atoms with E-state index >= 15 is 0 Å². The summed E-state index contributed by atoms with van der Waals surface area (Å²) in [4.78, 5) is 5.56. The monoisotopic (exact) mass is 709 g/mol. The molecular formula is C50H48NOP. The van der Waals surface area contributed by atoms with Gasteiger partial charge in [-0.3, -0.25) is 0 Å². The molecule has 1 spiro atoms. The van der Waals surface area contributed by atoms with Gasteiger partial charge in [-0.2, -0.15) is 0 Å². The SMILES string of the molecule is Cc1cc(C2=N[C@@H](c3ccccc3)[C@H](c3ccccc3)O2)c2c(c1)C(C)(C)C[C@@]21CC(C)(C)c2cc(C)cc(P(c3ccccc3)c3ccccc3)c21. The maximum Gasteiger partial charge on any atom is 0.217 e. The molecule has 3 aliphatic rings. The first-order valence-electron chi connectivity index (χ1n) is 19.1. The third kappa shape index (κ3) is 5.61. The van der Waals surface area contributed by atoms with Gasteiger partial charge in [0, 0.05) is 11.0 Å². The predicted molar refractivity (Wildman–Crippen MR) is 223 cm³/mol. The van der Waals surface area contributed by atoms with Crippen LogP contribution in [-0.2, 0) is 21.0 Å². The third-order valence-corrected chi connectivity index (χ3v) is 14.5. The Morgan fingerprint density at radius 2 is 1.04 bits per heavy atom. The summed E-state index contributed by atoms with van der Waals surface area (Å²) in [7, 11) is -0.831. The molecule has 0 bridgehead atoms. The normalized spacial score (nSPS) is 22.1. The van der Waals surface area contributed by atoms with E-state index in [9.17, 15) is 0 Å². The van der Waals surface area contributed by atoms with E-state index in [4.69, 9.17) is 9.73 Å². The van der Waals surface area contributed by atoms with Crippen LogP contribution >= 0.6 is 7.92 Å². The molecule has 2 aliphatic carbocycles. The lowest BCUT2D eigenvalue weighted by Gasteiger charge is -2.35. The van der Waals surface area contributed by atoms with Crippen molar-refractivity contribution < 1.29 is 4.74 Å². The summed E-state index contributed by atoms with van der Waals surface area (Å²) in [5.41, 5.74) is 11.7. The van der Waals surface area contributed by atoms with E-state index in [1.165, 1.54) is 54.9 Å². The van der Waals surface area contributed by atoms with Crippen molar-refractivity contribution in [3.8, 4) is 0 Å². The topological polar surface area (TPSA) is 21.6 Å². The molecule has 0 radical (unpaired) electrons. The van der Waals surface area contributed by atoms with Crippen LogP contribution in [0, 0.1) is 13.8 Å². The van der Waals surface area contributed by atoms with Gasteiger partial charge < -0.3 is 4.74 Å². The molecule has 0 fully saturated rings. The quantitative estimate of drug-likeness (QED) is 0.158. The lowest BCUT2D eigenvalue weighted by molar-refractivity contribution is 0.197. The summed E-state index contributed by atoms with van der Waals surface area (Å²) < 4.78 is 7.18. The lowest BCUT2D eigenvalue weighted by atomic mass is 9.71. The van der Waals surface area contributed by atoms with Crippen molar-refractivity contribution in [2.24, 2.45) is 4.99 Å². The maximum absolute atomic E-state index is 7.18. The molecule has 0 aromatic heterocycles. The standard InChI is InChI=1S/C50H48NOP/c1-33-27-39(47-51-45(35-19-11-7-12-20-35)46(52-47)36-21-13-8-14-22-36)43-40(28-33)48(3,4)31-50(43)32-49(5,6)41-29-34(2)30-42(44(41)50)53(37-23-15-9-16-24-37)38-25-17-10-18-26-38/h7-30,45-46H,31-32H2,1-6H3/t45-,46-,50+/m0/s1. The zero-order chi connectivity index (χ0) is 36.5. The Hall–Kier alpha value is -4.78. The molecule has 3 atom stereocenters. The third-order valence-electron chi connectivity index (χ3n) is 12.0. The summed E-state index contributed by atoms with van der Waals surface area (Å²) in [5.74, 6) is 0.776. The van der Waals surface area contributed by atoms with E-state index in [2.05, 4.69) is 187 Å². The van der Waals surface area contributed by atoms with Gasteiger partial charge in [0.15, 0.2) is 6.10 Å². The molecule has 0 saturated carbocycles. The Bertz CT molecular complexity index is 2300. The second-order valence-electron chi connectivity index (χ2n) is 16.9. The average Bonchev–Trinajstić information content (AvgIpc) is 3.77. The van der Waals surface area contributed by atoms with E-state index in [0.29, 0.717) is 0 Å². The zero-order valence-corrected chi connectivity index (χ0v) is 32.6. The molecule has 6 aromatic rings. The van der Waals surface area contributed by atoms with Gasteiger partial charge in [0.05, 0.1) is 0 Å². The van der Waals surface area contributed by atoms with E-state index in [1.54, 1.807) is 5.56 Å². The number of ether oxygens (including phenoxy) is 1. The van der Waals surface area contributed by atoms with Crippen LogP contribution in [0.1, 0.15) is 103 Å². The van der Waals surface area contributed by atoms with Crippen molar-refractivity contribution in [2.75, 3.05) is 0 Å². The number of aryl methyl sites for hydroxylation is 2. The molecule has 264 valence electrons. The molecule has 0 amide bonds. The van der Waals surface area contributed by atoms with Gasteiger partial charge in [-0.1, -0.05) is 178 Å². The highest BCUT2D eigenvalue weighted by molar-refractivity contribution is 7.80. The number of aliphatic imine (C=N–C) groups is 1. The minimum Gasteiger partial charge on any atom is -0.467 e. The first-order valence-corrected chi connectivity index (χ1v) is 20.5. The van der Waals surface area contributed by atoms with Crippen LogP contribution in [0.15, 0.2) is 151 Å². The van der Waals surface area contributed by atoms with Crippen molar-refractivity contribution in [1.29, 1.82) is 0 Å². The summed E-state index contributed by atoms with van der Waals surface area (Å²) in [6.45, 7) is 14.4. The second-order valence-corrected chi connectivity index (χ2v) is 19.1. The largest absolute Gasteiger partial charge is 0.467 e. The lowest BCUT2D eigenvalue weighted by Crippen LogP contribution is -2.34. The molecule has 0 saturated heterocycles. The van der Waals surface area contributed by atoms with Crippen LogP contribution in [-0.4, -0.2) is 5.90 Å². The molecule has 53 heavy (non-hydrogen) atoms. The highest BCUT2D eigenvalue weighted by atomic mass is 31.1. The zero-order valence-electron chi connectivity index (χ0n) is 31.7. The Kier molecular flexibility index (Phi) is 8.13. The van der Waals surface area contributed by atoms with Crippen molar-refractivity contribution in [2.45, 2.75) is 82.8 Å². The molecule has 1 heterocycles. The number of hydrogen-bond donors (Lipinski definition) is 0. The van der Waals surface area contributed by atoms with Crippen molar-refractivity contribution in [3.63, 3.8) is 0 Å². The fourth-order valence-electron chi connectivity index (χ4n) is 10.1. The van der Waals surface area contributed by atoms with E-state index in [0.717, 1.165) is 24.3 Å². The van der Waals surface area contributed by atoms with Gasteiger partial charge in [0.25, 0.3) is 0 Å². The summed E-state index contributed by atoms with van der Waals surface area (Å²) in [5, 5.41) is 4.28. The Balaban J connectivity index is 1.32. The smallest absolute Gasteiger partial charge is 0.217 e. The number of nitrogens with zero attached hydrogens (tertiary/aromatic N) is 1. The fraction of sp³-hybridized carbons (Fsp3) is 0.260. The number of hydrogen-bond acceptors (Lipinski definition) is 2. The minimum absolute atomic E-state index is 0.0260. The van der Waals surface area contributed by atoms with Gasteiger partial charge in [0.1, 0.15) is 6.04 Å². The number of benzene rings is 6. The number of rotatable bonds is 6. The van der Waals surface area contributed by atoms with Crippen LogP contribution in [0.25, 0.3) is 0 Å². The van der Waals surface area contributed by atoms with Gasteiger partial charge in [0.2, 0.25) is 5.90 Å². The van der Waals surface area contributed by atoms with Crippen LogP contribution in [0.5, 0.6) is 0 Å². The summed E-state index contributed by atoms with van der Waals surface area (Å²) >= 11 is 0. The van der Waals surface area contributed by atoms with Crippen LogP contribution < -0.4 is 15.9 Å². The minimum atomic E-state index is -0.831. The highest BCUT2D eigenvalue weighted by Crippen LogP contribution is 2.65. The molecule has 0 N–H and O–H groups in total. The van der Waals surface area contributed by atoms with Gasteiger partial charge in [-0.25, -0.2) is 4.99 Å². The first-order chi connectivity index (χ1) is 25.6. The van der Waals surface area contributed by atoms with E-state index in [1.807, 2.05) is 0 Å². The van der Waals surface area contributed by atoms with Crippen molar-refractivity contribution in [1.82, 2.24) is 0 Å². The molecule has 3 heteroatoms. The van der Waals surface area contributed by atoms with E-state index in [-0.39, 0.29) is 28.4 Å². The first kappa shape index (κ1) is 34.0. The Labute approximate surface area is 316 Å². The Morgan fingerprint density at radius 3 is 1.58 bits per heavy atom. The molecule has 2 nitrogen and oxygen atoms in total. The summed E-state index contributed by atoms with van der Waals surface area (Å²) in [6.07, 6.45) is 1.88. The molecular weight excluding hydrogens is 662 g/mol. The predicted octanol–water partition coefficient (Wildman–Crippen LogP) is 11.0. The van der Waals surface area contributed by atoms with E-state index < -0.39 is 7.92 Å². The van der Waals surface area contributed by atoms with Crippen molar-refractivity contribution >= 4 is 29.7 Å².